The number of aromatic nitrogens is 1. The molecule has 0 aromatic carbocycles. The molecule has 0 saturated carbocycles. The molecule has 0 aliphatic heterocycles. The van der Waals surface area contributed by atoms with Crippen LogP contribution in [0, 0.1) is 16.0 Å². The summed E-state index contributed by atoms with van der Waals surface area (Å²) in [5.74, 6) is 0.458. The van der Waals surface area contributed by atoms with Crippen LogP contribution in [0.15, 0.2) is 12.3 Å². The minimum Gasteiger partial charge on any atom is -0.384 e. The lowest BCUT2D eigenvalue weighted by Gasteiger charge is -2.11. The van der Waals surface area contributed by atoms with E-state index in [1.807, 2.05) is 6.92 Å². The molecule has 1 rings (SSSR count). The van der Waals surface area contributed by atoms with Crippen LogP contribution in [0.1, 0.15) is 6.92 Å². The monoisotopic (exact) mass is 259 g/mol. The summed E-state index contributed by atoms with van der Waals surface area (Å²) in [7, 11) is 1.61. The van der Waals surface area contributed by atoms with Gasteiger partial charge in [-0.2, -0.15) is 0 Å². The Hall–Kier alpha value is -1.40. The molecule has 6 nitrogen and oxygen atoms in total. The molecular formula is C10H14ClN3O3. The van der Waals surface area contributed by atoms with Gasteiger partial charge < -0.3 is 10.1 Å². The first kappa shape index (κ1) is 13.7. The van der Waals surface area contributed by atoms with Crippen molar-refractivity contribution in [1.82, 2.24) is 4.98 Å². The molecule has 0 spiro atoms. The van der Waals surface area contributed by atoms with E-state index in [2.05, 4.69) is 10.3 Å². The molecule has 1 aromatic heterocycles. The van der Waals surface area contributed by atoms with E-state index in [0.717, 1.165) is 0 Å². The van der Waals surface area contributed by atoms with Crippen molar-refractivity contribution in [3.05, 3.63) is 27.4 Å². The molecule has 1 unspecified atom stereocenters. The second-order valence-corrected chi connectivity index (χ2v) is 4.16. The van der Waals surface area contributed by atoms with Crippen molar-refractivity contribution >= 4 is 23.1 Å². The van der Waals surface area contributed by atoms with Crippen molar-refractivity contribution in [2.45, 2.75) is 6.92 Å². The second kappa shape index (κ2) is 6.36. The Morgan fingerprint density at radius 3 is 3.00 bits per heavy atom. The molecule has 0 fully saturated rings. The third kappa shape index (κ3) is 4.16. The van der Waals surface area contributed by atoms with Crippen LogP contribution in [-0.2, 0) is 4.74 Å². The molecule has 1 aromatic rings. The molecule has 0 radical (unpaired) electrons. The van der Waals surface area contributed by atoms with Gasteiger partial charge in [0.2, 0.25) is 5.82 Å². The molecule has 0 aliphatic carbocycles. The summed E-state index contributed by atoms with van der Waals surface area (Å²) in [5.41, 5.74) is -0.123. The minimum atomic E-state index is -0.512. The highest BCUT2D eigenvalue weighted by molar-refractivity contribution is 6.30. The summed E-state index contributed by atoms with van der Waals surface area (Å²) in [6.45, 7) is 3.09. The molecule has 7 heteroatoms. The number of nitrogens with one attached hydrogen (secondary N) is 1. The highest BCUT2D eigenvalue weighted by Crippen LogP contribution is 2.24. The smallest absolute Gasteiger partial charge is 0.312 e. The van der Waals surface area contributed by atoms with Gasteiger partial charge >= 0.3 is 5.69 Å². The average Bonchev–Trinajstić information content (AvgIpc) is 2.27. The molecule has 1 N–H and O–H groups in total. The number of anilines is 1. The molecule has 0 amide bonds. The predicted octanol–water partition coefficient (Wildman–Crippen LogP) is 2.34. The first-order valence-electron chi connectivity index (χ1n) is 5.07. The number of hydrogen-bond donors (Lipinski definition) is 1. The summed E-state index contributed by atoms with van der Waals surface area (Å²) in [6, 6.07) is 1.28. The standard InChI is InChI=1S/C10H14ClN3O3/c1-7(6-17-2)4-12-10-9(14(15)16)3-8(11)5-13-10/h3,5,7H,4,6H2,1-2H3,(H,12,13). The van der Waals surface area contributed by atoms with Crippen LogP contribution in [0.2, 0.25) is 5.02 Å². The van der Waals surface area contributed by atoms with Crippen molar-refractivity contribution in [2.24, 2.45) is 5.92 Å². The van der Waals surface area contributed by atoms with Crippen molar-refractivity contribution < 1.29 is 9.66 Å². The van der Waals surface area contributed by atoms with Crippen LogP contribution in [0.25, 0.3) is 0 Å². The molecule has 0 bridgehead atoms. The molecule has 1 heterocycles. The van der Waals surface area contributed by atoms with E-state index < -0.39 is 4.92 Å². The summed E-state index contributed by atoms with van der Waals surface area (Å²) in [6.07, 6.45) is 1.37. The third-order valence-corrected chi connectivity index (χ3v) is 2.31. The average molecular weight is 260 g/mol. The van der Waals surface area contributed by atoms with E-state index in [1.165, 1.54) is 12.3 Å². The topological polar surface area (TPSA) is 77.3 Å². The van der Waals surface area contributed by atoms with Gasteiger partial charge in [-0.1, -0.05) is 18.5 Å². The summed E-state index contributed by atoms with van der Waals surface area (Å²) >= 11 is 5.66. The fourth-order valence-electron chi connectivity index (χ4n) is 1.32. The summed E-state index contributed by atoms with van der Waals surface area (Å²) in [5, 5.41) is 13.9. The molecule has 0 aliphatic rings. The van der Waals surface area contributed by atoms with Gasteiger partial charge in [-0.15, -0.1) is 0 Å². The highest BCUT2D eigenvalue weighted by atomic mass is 35.5. The van der Waals surface area contributed by atoms with Crippen molar-refractivity contribution in [3.8, 4) is 0 Å². The lowest BCUT2D eigenvalue weighted by atomic mass is 10.2. The maximum atomic E-state index is 10.8. The highest BCUT2D eigenvalue weighted by Gasteiger charge is 2.16. The minimum absolute atomic E-state index is 0.123. The van der Waals surface area contributed by atoms with Crippen LogP contribution >= 0.6 is 11.6 Å². The SMILES string of the molecule is COCC(C)CNc1ncc(Cl)cc1[N+](=O)[O-]. The lowest BCUT2D eigenvalue weighted by molar-refractivity contribution is -0.384. The largest absolute Gasteiger partial charge is 0.384 e. The predicted molar refractivity (Wildman–Crippen MR) is 65.4 cm³/mol. The zero-order valence-corrected chi connectivity index (χ0v) is 10.4. The van der Waals surface area contributed by atoms with E-state index in [0.29, 0.717) is 13.2 Å². The zero-order valence-electron chi connectivity index (χ0n) is 9.64. The fourth-order valence-corrected chi connectivity index (χ4v) is 1.47. The Morgan fingerprint density at radius 2 is 2.41 bits per heavy atom. The molecule has 1 atom stereocenters. The molecule has 94 valence electrons. The number of hydrogen-bond acceptors (Lipinski definition) is 5. The van der Waals surface area contributed by atoms with Gasteiger partial charge in [0.1, 0.15) is 0 Å². The number of pyridine rings is 1. The Labute approximate surface area is 104 Å². The van der Waals surface area contributed by atoms with E-state index in [-0.39, 0.29) is 22.4 Å². The van der Waals surface area contributed by atoms with E-state index in [4.69, 9.17) is 16.3 Å². The van der Waals surface area contributed by atoms with Crippen molar-refractivity contribution in [2.75, 3.05) is 25.6 Å². The molecular weight excluding hydrogens is 246 g/mol. The Bertz CT molecular complexity index is 400. The molecule has 17 heavy (non-hydrogen) atoms. The van der Waals surface area contributed by atoms with Crippen LogP contribution in [0.3, 0.4) is 0 Å². The fraction of sp³-hybridized carbons (Fsp3) is 0.500. The van der Waals surface area contributed by atoms with Gasteiger partial charge in [-0.3, -0.25) is 10.1 Å². The Morgan fingerprint density at radius 1 is 1.71 bits per heavy atom. The summed E-state index contributed by atoms with van der Waals surface area (Å²) < 4.78 is 4.97. The van der Waals surface area contributed by atoms with E-state index >= 15 is 0 Å². The van der Waals surface area contributed by atoms with Crippen molar-refractivity contribution in [3.63, 3.8) is 0 Å². The van der Waals surface area contributed by atoms with Gasteiger partial charge in [0.25, 0.3) is 0 Å². The molecule has 0 saturated heterocycles. The van der Waals surface area contributed by atoms with Gasteiger partial charge in [-0.25, -0.2) is 4.98 Å². The first-order valence-corrected chi connectivity index (χ1v) is 5.45. The Kier molecular flexibility index (Phi) is 5.11. The summed E-state index contributed by atoms with van der Waals surface area (Å²) in [4.78, 5) is 14.2. The zero-order chi connectivity index (χ0) is 12.8. The quantitative estimate of drug-likeness (QED) is 0.627. The van der Waals surface area contributed by atoms with Gasteiger partial charge in [0.05, 0.1) is 16.6 Å². The normalized spacial score (nSPS) is 12.2. The number of rotatable bonds is 6. The van der Waals surface area contributed by atoms with E-state index in [1.54, 1.807) is 7.11 Å². The van der Waals surface area contributed by atoms with Crippen molar-refractivity contribution in [1.29, 1.82) is 0 Å². The van der Waals surface area contributed by atoms with Crippen LogP contribution in [-0.4, -0.2) is 30.2 Å². The number of nitrogens with zero attached hydrogens (tertiary/aromatic N) is 2. The van der Waals surface area contributed by atoms with Gasteiger partial charge in [-0.05, 0) is 5.92 Å². The van der Waals surface area contributed by atoms with Crippen LogP contribution < -0.4 is 5.32 Å². The number of methoxy groups -OCH3 is 1. The van der Waals surface area contributed by atoms with Gasteiger partial charge in [0.15, 0.2) is 0 Å². The van der Waals surface area contributed by atoms with Crippen LogP contribution in [0.5, 0.6) is 0 Å². The van der Waals surface area contributed by atoms with E-state index in [9.17, 15) is 10.1 Å². The second-order valence-electron chi connectivity index (χ2n) is 3.72. The first-order chi connectivity index (χ1) is 8.04. The number of halogens is 1. The Balaban J connectivity index is 2.73. The maximum Gasteiger partial charge on any atom is 0.312 e. The number of ether oxygens (including phenoxy) is 1. The van der Waals surface area contributed by atoms with Crippen LogP contribution in [0.4, 0.5) is 11.5 Å². The van der Waals surface area contributed by atoms with Gasteiger partial charge in [0, 0.05) is 25.9 Å². The third-order valence-electron chi connectivity index (χ3n) is 2.10. The lowest BCUT2D eigenvalue weighted by Crippen LogP contribution is -2.17. The number of nitro groups is 1. The maximum absolute atomic E-state index is 10.8.